The van der Waals surface area contributed by atoms with E-state index in [-0.39, 0.29) is 32.0 Å². The van der Waals surface area contributed by atoms with Crippen LogP contribution in [0.5, 0.6) is 0 Å². The number of amides is 3. The van der Waals surface area contributed by atoms with Crippen LogP contribution in [0.2, 0.25) is 0 Å². The molecule has 0 bridgehead atoms. The maximum atomic E-state index is 13.6. The summed E-state index contributed by atoms with van der Waals surface area (Å²) in [5.74, 6) is -2.00. The van der Waals surface area contributed by atoms with E-state index in [1.165, 1.54) is 7.11 Å². The average molecular weight is 578 g/mol. The van der Waals surface area contributed by atoms with Gasteiger partial charge in [0.25, 0.3) is 0 Å². The summed E-state index contributed by atoms with van der Waals surface area (Å²) in [6.07, 6.45) is 2.28. The number of hydrogen-bond acceptors (Lipinski definition) is 8. The number of nitrogens with one attached hydrogen (secondary N) is 3. The van der Waals surface area contributed by atoms with Crippen molar-refractivity contribution in [3.63, 3.8) is 0 Å². The lowest BCUT2D eigenvalue weighted by molar-refractivity contribution is -0.148. The maximum Gasteiger partial charge on any atom is 0.408 e. The van der Waals surface area contributed by atoms with Crippen LogP contribution in [0.25, 0.3) is 0 Å². The number of alkyl carbamates (subject to hydrolysis) is 1. The highest BCUT2D eigenvalue weighted by Gasteiger charge is 2.45. The molecule has 3 amide bonds. The summed E-state index contributed by atoms with van der Waals surface area (Å²) in [5.41, 5.74) is -1.48. The molecular formula is C30H47N3O8. The Morgan fingerprint density at radius 1 is 0.927 bits per heavy atom. The van der Waals surface area contributed by atoms with E-state index in [1.807, 2.05) is 44.2 Å². The molecule has 2 rings (SSSR count). The summed E-state index contributed by atoms with van der Waals surface area (Å²) >= 11 is 0. The van der Waals surface area contributed by atoms with Crippen molar-refractivity contribution < 1.29 is 38.5 Å². The molecule has 0 heterocycles. The number of esters is 1. The normalized spacial score (nSPS) is 17.1. The van der Waals surface area contributed by atoms with Gasteiger partial charge in [0, 0.05) is 0 Å². The molecule has 1 aromatic rings. The summed E-state index contributed by atoms with van der Waals surface area (Å²) in [4.78, 5) is 52.2. The highest BCUT2D eigenvalue weighted by atomic mass is 16.6. The number of methoxy groups -OCH3 is 1. The minimum atomic E-state index is -1.54. The minimum Gasteiger partial charge on any atom is -0.467 e. The third-order valence-corrected chi connectivity index (χ3v) is 6.72. The van der Waals surface area contributed by atoms with Crippen molar-refractivity contribution in [2.45, 2.75) is 109 Å². The standard InChI is InChI=1S/C30H47N3O8/c1-20(2)17-22(27(36)39-6)31-26(35)24(30(38)15-11-8-12-16-30)33-25(34)23(32-28(37)41-29(3,4)5)19-40-18-21-13-9-7-10-14-21/h7,9-10,13-14,20,22-24,38H,8,11-12,15-19H2,1-6H3,(H,31,35)(H,32,37)(H,33,34)/t22-,23-,24?/m0/s1. The van der Waals surface area contributed by atoms with Crippen LogP contribution >= 0.6 is 0 Å². The van der Waals surface area contributed by atoms with E-state index in [0.717, 1.165) is 12.0 Å². The summed E-state index contributed by atoms with van der Waals surface area (Å²) < 4.78 is 15.9. The molecule has 0 aliphatic heterocycles. The molecule has 1 fully saturated rings. The third kappa shape index (κ3) is 11.7. The SMILES string of the molecule is COC(=O)[C@H](CC(C)C)NC(=O)C(NC(=O)[C@H](COCc1ccccc1)NC(=O)OC(C)(C)C)C1(O)CCCCC1. The predicted octanol–water partition coefficient (Wildman–Crippen LogP) is 2.98. The van der Waals surface area contributed by atoms with Gasteiger partial charge in [-0.2, -0.15) is 0 Å². The van der Waals surface area contributed by atoms with Crippen molar-refractivity contribution in [2.24, 2.45) is 5.92 Å². The van der Waals surface area contributed by atoms with Crippen molar-refractivity contribution in [1.29, 1.82) is 0 Å². The fourth-order valence-corrected chi connectivity index (χ4v) is 4.72. The smallest absolute Gasteiger partial charge is 0.408 e. The lowest BCUT2D eigenvalue weighted by atomic mass is 9.78. The van der Waals surface area contributed by atoms with Crippen molar-refractivity contribution in [3.05, 3.63) is 35.9 Å². The zero-order valence-corrected chi connectivity index (χ0v) is 25.2. The Morgan fingerprint density at radius 3 is 2.12 bits per heavy atom. The number of carbonyl (C=O) groups is 4. The molecule has 11 heteroatoms. The van der Waals surface area contributed by atoms with E-state index < -0.39 is 53.2 Å². The van der Waals surface area contributed by atoms with Crippen LogP contribution in [0.1, 0.15) is 78.7 Å². The molecule has 1 aromatic carbocycles. The Kier molecular flexibility index (Phi) is 13.0. The number of carbonyl (C=O) groups excluding carboxylic acids is 4. The van der Waals surface area contributed by atoms with E-state index in [9.17, 15) is 24.3 Å². The Bertz CT molecular complexity index is 1000. The van der Waals surface area contributed by atoms with E-state index in [0.29, 0.717) is 19.3 Å². The molecule has 230 valence electrons. The van der Waals surface area contributed by atoms with Crippen LogP contribution in [0.15, 0.2) is 30.3 Å². The Hall–Kier alpha value is -3.18. The first-order valence-electron chi connectivity index (χ1n) is 14.3. The van der Waals surface area contributed by atoms with Crippen LogP contribution in [0, 0.1) is 5.92 Å². The maximum absolute atomic E-state index is 13.6. The van der Waals surface area contributed by atoms with E-state index in [2.05, 4.69) is 16.0 Å². The van der Waals surface area contributed by atoms with Crippen molar-refractivity contribution in [3.8, 4) is 0 Å². The summed E-state index contributed by atoms with van der Waals surface area (Å²) in [5, 5.41) is 19.4. The molecule has 0 aromatic heterocycles. The number of ether oxygens (including phenoxy) is 3. The van der Waals surface area contributed by atoms with Crippen LogP contribution in [0.4, 0.5) is 4.79 Å². The van der Waals surface area contributed by atoms with Gasteiger partial charge >= 0.3 is 12.1 Å². The number of rotatable bonds is 13. The second-order valence-corrected chi connectivity index (χ2v) is 12.0. The van der Waals surface area contributed by atoms with Gasteiger partial charge in [0.15, 0.2) is 0 Å². The van der Waals surface area contributed by atoms with E-state index in [1.54, 1.807) is 20.8 Å². The second kappa shape index (κ2) is 15.7. The molecule has 0 radical (unpaired) electrons. The van der Waals surface area contributed by atoms with Crippen LogP contribution in [-0.2, 0) is 35.2 Å². The zero-order valence-electron chi connectivity index (χ0n) is 25.2. The van der Waals surface area contributed by atoms with Crippen molar-refractivity contribution >= 4 is 23.9 Å². The van der Waals surface area contributed by atoms with Gasteiger partial charge in [-0.15, -0.1) is 0 Å². The van der Waals surface area contributed by atoms with Gasteiger partial charge in [0.1, 0.15) is 23.7 Å². The number of hydrogen-bond donors (Lipinski definition) is 4. The number of aliphatic hydroxyl groups is 1. The summed E-state index contributed by atoms with van der Waals surface area (Å²) in [7, 11) is 1.23. The highest BCUT2D eigenvalue weighted by molar-refractivity contribution is 5.94. The molecule has 1 aliphatic rings. The molecule has 3 atom stereocenters. The highest BCUT2D eigenvalue weighted by Crippen LogP contribution is 2.31. The second-order valence-electron chi connectivity index (χ2n) is 12.0. The van der Waals surface area contributed by atoms with Gasteiger partial charge in [-0.3, -0.25) is 9.59 Å². The first-order valence-corrected chi connectivity index (χ1v) is 14.3. The molecule has 1 aliphatic carbocycles. The summed E-state index contributed by atoms with van der Waals surface area (Å²) in [6, 6.07) is 5.75. The first kappa shape index (κ1) is 34.0. The van der Waals surface area contributed by atoms with E-state index >= 15 is 0 Å². The zero-order chi connectivity index (χ0) is 30.6. The third-order valence-electron chi connectivity index (χ3n) is 6.72. The van der Waals surface area contributed by atoms with Gasteiger partial charge in [0.05, 0.1) is 25.9 Å². The molecular weight excluding hydrogens is 530 g/mol. The first-order chi connectivity index (χ1) is 19.2. The lowest BCUT2D eigenvalue weighted by Crippen LogP contribution is -2.65. The quantitative estimate of drug-likeness (QED) is 0.261. The monoisotopic (exact) mass is 577 g/mol. The fraction of sp³-hybridized carbons (Fsp3) is 0.667. The topological polar surface area (TPSA) is 152 Å². The average Bonchev–Trinajstić information content (AvgIpc) is 2.89. The van der Waals surface area contributed by atoms with Crippen LogP contribution in [-0.4, -0.2) is 72.0 Å². The molecule has 4 N–H and O–H groups in total. The summed E-state index contributed by atoms with van der Waals surface area (Å²) in [6.45, 7) is 8.86. The largest absolute Gasteiger partial charge is 0.467 e. The van der Waals surface area contributed by atoms with Gasteiger partial charge in [-0.1, -0.05) is 63.4 Å². The predicted molar refractivity (Wildman–Crippen MR) is 153 cm³/mol. The molecule has 0 saturated heterocycles. The van der Waals surface area contributed by atoms with Crippen LogP contribution < -0.4 is 16.0 Å². The van der Waals surface area contributed by atoms with Gasteiger partial charge in [-0.05, 0) is 51.5 Å². The van der Waals surface area contributed by atoms with Gasteiger partial charge in [-0.25, -0.2) is 9.59 Å². The van der Waals surface area contributed by atoms with Gasteiger partial charge < -0.3 is 35.3 Å². The molecule has 11 nitrogen and oxygen atoms in total. The minimum absolute atomic E-state index is 0.0642. The Morgan fingerprint density at radius 2 is 1.56 bits per heavy atom. The fourth-order valence-electron chi connectivity index (χ4n) is 4.72. The molecule has 1 saturated carbocycles. The van der Waals surface area contributed by atoms with Gasteiger partial charge in [0.2, 0.25) is 11.8 Å². The molecule has 0 spiro atoms. The molecule has 41 heavy (non-hydrogen) atoms. The van der Waals surface area contributed by atoms with Crippen molar-refractivity contribution in [2.75, 3.05) is 13.7 Å². The van der Waals surface area contributed by atoms with E-state index in [4.69, 9.17) is 14.2 Å². The van der Waals surface area contributed by atoms with Crippen LogP contribution in [0.3, 0.4) is 0 Å². The Labute approximate surface area is 243 Å². The van der Waals surface area contributed by atoms with Crippen molar-refractivity contribution in [1.82, 2.24) is 16.0 Å². The Balaban J connectivity index is 2.28. The molecule has 1 unspecified atom stereocenters. The number of benzene rings is 1. The lowest BCUT2D eigenvalue weighted by Gasteiger charge is -2.39.